The number of benzene rings is 1. The Labute approximate surface area is 135 Å². The number of aryl methyl sites for hydroxylation is 1. The molecule has 5 heteroatoms. The quantitative estimate of drug-likeness (QED) is 0.915. The molecule has 0 radical (unpaired) electrons. The van der Waals surface area contributed by atoms with Crippen molar-refractivity contribution in [3.63, 3.8) is 0 Å². The van der Waals surface area contributed by atoms with E-state index in [1.54, 1.807) is 18.4 Å². The van der Waals surface area contributed by atoms with Crippen molar-refractivity contribution in [3.05, 3.63) is 29.1 Å². The van der Waals surface area contributed by atoms with Crippen molar-refractivity contribution in [2.75, 3.05) is 19.0 Å². The number of hydrogen-bond acceptors (Lipinski definition) is 4. The predicted octanol–water partition coefficient (Wildman–Crippen LogP) is 2.59. The van der Waals surface area contributed by atoms with Gasteiger partial charge in [0, 0.05) is 16.9 Å². The molecule has 0 amide bonds. The van der Waals surface area contributed by atoms with Gasteiger partial charge in [-0.1, -0.05) is 11.3 Å². The highest BCUT2D eigenvalue weighted by atomic mass is 32.1. The van der Waals surface area contributed by atoms with Crippen LogP contribution in [0.1, 0.15) is 30.6 Å². The predicted molar refractivity (Wildman–Crippen MR) is 91.8 cm³/mol. The molecule has 2 N–H and O–H groups in total. The van der Waals surface area contributed by atoms with Gasteiger partial charge in [0.05, 0.1) is 19.3 Å². The summed E-state index contributed by atoms with van der Waals surface area (Å²) < 4.78 is 5.21. The number of methoxy groups -OCH3 is 1. The fraction of sp³-hybridized carbons (Fsp3) is 0.412. The van der Waals surface area contributed by atoms with Crippen molar-refractivity contribution >= 4 is 22.3 Å². The van der Waals surface area contributed by atoms with Crippen LogP contribution >= 0.6 is 11.3 Å². The summed E-state index contributed by atoms with van der Waals surface area (Å²) in [5.74, 6) is 2.07. The minimum absolute atomic E-state index is 0.869. The molecule has 1 aliphatic heterocycles. The molecular formula is C17H22N3OS+. The maximum atomic E-state index is 5.21. The van der Waals surface area contributed by atoms with E-state index in [0.29, 0.717) is 0 Å². The Morgan fingerprint density at radius 3 is 2.77 bits per heavy atom. The Bertz CT molecular complexity index is 661. The summed E-state index contributed by atoms with van der Waals surface area (Å²) in [7, 11) is 1.68. The van der Waals surface area contributed by atoms with E-state index in [2.05, 4.69) is 29.4 Å². The van der Waals surface area contributed by atoms with Gasteiger partial charge in [0.15, 0.2) is 0 Å². The van der Waals surface area contributed by atoms with Crippen LogP contribution in [0.25, 0.3) is 11.3 Å². The summed E-state index contributed by atoms with van der Waals surface area (Å²) in [6, 6.07) is 8.06. The fourth-order valence-electron chi connectivity index (χ4n) is 2.63. The zero-order valence-electron chi connectivity index (χ0n) is 13.1. The van der Waals surface area contributed by atoms with E-state index in [-0.39, 0.29) is 0 Å². The molecule has 0 bridgehead atoms. The van der Waals surface area contributed by atoms with Gasteiger partial charge in [-0.25, -0.2) is 5.32 Å². The van der Waals surface area contributed by atoms with E-state index in [4.69, 9.17) is 9.72 Å². The topological polar surface area (TPSA) is 48.1 Å². The van der Waals surface area contributed by atoms with Crippen LogP contribution in [0, 0.1) is 6.92 Å². The summed E-state index contributed by atoms with van der Waals surface area (Å²) in [6.45, 7) is 3.17. The molecule has 4 nitrogen and oxygen atoms in total. The Balaban J connectivity index is 1.79. The van der Waals surface area contributed by atoms with Crippen LogP contribution in [0.3, 0.4) is 0 Å². The average Bonchev–Trinajstić information content (AvgIpc) is 2.74. The first-order chi connectivity index (χ1) is 10.8. The molecule has 22 heavy (non-hydrogen) atoms. The number of thiazole rings is 1. The summed E-state index contributed by atoms with van der Waals surface area (Å²) in [6.07, 6.45) is 4.87. The van der Waals surface area contributed by atoms with Gasteiger partial charge < -0.3 is 4.74 Å². The third-order valence-corrected chi connectivity index (χ3v) is 4.75. The molecule has 0 atom stereocenters. The Morgan fingerprint density at radius 1 is 1.18 bits per heavy atom. The highest BCUT2D eigenvalue weighted by Crippen LogP contribution is 2.31. The van der Waals surface area contributed by atoms with Crippen LogP contribution in [0.4, 0.5) is 5.13 Å². The highest BCUT2D eigenvalue weighted by Gasteiger charge is 2.16. The summed E-state index contributed by atoms with van der Waals surface area (Å²) in [4.78, 5) is 9.46. The van der Waals surface area contributed by atoms with E-state index in [1.165, 1.54) is 30.0 Å². The first-order valence-corrected chi connectivity index (χ1v) is 8.56. The van der Waals surface area contributed by atoms with Gasteiger partial charge in [-0.05, 0) is 50.5 Å². The Kier molecular flexibility index (Phi) is 4.73. The van der Waals surface area contributed by atoms with Crippen molar-refractivity contribution in [1.82, 2.24) is 4.98 Å². The van der Waals surface area contributed by atoms with E-state index in [1.807, 2.05) is 12.1 Å². The lowest BCUT2D eigenvalue weighted by Crippen LogP contribution is -2.74. The second-order valence-electron chi connectivity index (χ2n) is 5.49. The van der Waals surface area contributed by atoms with Crippen molar-refractivity contribution < 1.29 is 9.73 Å². The monoisotopic (exact) mass is 316 g/mol. The number of hydrogen-bond donors (Lipinski definition) is 2. The summed E-state index contributed by atoms with van der Waals surface area (Å²) in [5, 5.41) is 4.43. The van der Waals surface area contributed by atoms with Crippen LogP contribution in [0.2, 0.25) is 0 Å². The molecular weight excluding hydrogens is 294 g/mol. The highest BCUT2D eigenvalue weighted by molar-refractivity contribution is 7.16. The van der Waals surface area contributed by atoms with Crippen molar-refractivity contribution in [2.45, 2.75) is 32.6 Å². The first-order valence-electron chi connectivity index (χ1n) is 7.75. The summed E-state index contributed by atoms with van der Waals surface area (Å²) in [5.41, 5.74) is 2.17. The van der Waals surface area contributed by atoms with Gasteiger partial charge in [0.1, 0.15) is 5.75 Å². The number of nitrogens with zero attached hydrogens (tertiary/aromatic N) is 1. The van der Waals surface area contributed by atoms with Gasteiger partial charge in [-0.15, -0.1) is 0 Å². The number of aromatic nitrogens is 1. The molecule has 1 aromatic heterocycles. The zero-order valence-corrected chi connectivity index (χ0v) is 13.9. The molecule has 2 heterocycles. The largest absolute Gasteiger partial charge is 0.497 e. The van der Waals surface area contributed by atoms with E-state index in [9.17, 15) is 0 Å². The number of rotatable bonds is 3. The maximum absolute atomic E-state index is 5.21. The molecule has 116 valence electrons. The van der Waals surface area contributed by atoms with Crippen molar-refractivity contribution in [3.8, 4) is 17.0 Å². The molecule has 0 unspecified atom stereocenters. The van der Waals surface area contributed by atoms with Crippen LogP contribution in [0.5, 0.6) is 5.75 Å². The molecule has 0 fully saturated rings. The molecule has 0 saturated carbocycles. The number of ether oxygens (including phenoxy) is 1. The lowest BCUT2D eigenvalue weighted by Gasteiger charge is -2.01. The smallest absolute Gasteiger partial charge is 0.277 e. The van der Waals surface area contributed by atoms with Crippen LogP contribution in [0.15, 0.2) is 24.3 Å². The lowest BCUT2D eigenvalue weighted by molar-refractivity contribution is -0.457. The normalized spacial score (nSPS) is 15.1. The third-order valence-electron chi connectivity index (χ3n) is 3.86. The maximum Gasteiger partial charge on any atom is 0.277 e. The second kappa shape index (κ2) is 6.92. The Morgan fingerprint density at radius 2 is 2.00 bits per heavy atom. The van der Waals surface area contributed by atoms with Crippen LogP contribution in [-0.2, 0) is 0 Å². The van der Waals surface area contributed by atoms with Gasteiger partial charge in [-0.2, -0.15) is 4.98 Å². The number of amidine groups is 1. The minimum Gasteiger partial charge on any atom is -0.497 e. The molecule has 1 aliphatic rings. The minimum atomic E-state index is 0.869. The van der Waals surface area contributed by atoms with Crippen molar-refractivity contribution in [1.29, 1.82) is 0 Å². The molecule has 1 aromatic carbocycles. The molecule has 0 spiro atoms. The average molecular weight is 316 g/mol. The molecule has 0 aliphatic carbocycles. The molecule has 0 saturated heterocycles. The molecule has 3 rings (SSSR count). The zero-order chi connectivity index (χ0) is 15.4. The van der Waals surface area contributed by atoms with E-state index in [0.717, 1.165) is 35.1 Å². The SMILES string of the molecule is COc1ccc(-c2nc(NC3=[NH+]CCCCC3)sc2C)cc1. The fourth-order valence-corrected chi connectivity index (χ4v) is 3.49. The standard InChI is InChI=1S/C17H21N3OS/c1-12-16(13-7-9-14(21-2)10-8-13)20-17(22-12)19-15-6-4-3-5-11-18-15/h7-10H,3-6,11H2,1-2H3,(H,18,19,20)/p+1. The summed E-state index contributed by atoms with van der Waals surface area (Å²) >= 11 is 1.71. The van der Waals surface area contributed by atoms with E-state index >= 15 is 0 Å². The second-order valence-corrected chi connectivity index (χ2v) is 6.70. The van der Waals surface area contributed by atoms with Gasteiger partial charge in [-0.3, -0.25) is 4.99 Å². The van der Waals surface area contributed by atoms with Gasteiger partial charge in [0.2, 0.25) is 5.84 Å². The van der Waals surface area contributed by atoms with Crippen LogP contribution < -0.4 is 15.0 Å². The van der Waals surface area contributed by atoms with E-state index < -0.39 is 0 Å². The van der Waals surface area contributed by atoms with Crippen LogP contribution in [-0.4, -0.2) is 24.5 Å². The number of anilines is 1. The Hall–Kier alpha value is -1.88. The van der Waals surface area contributed by atoms with Gasteiger partial charge in [0.25, 0.3) is 5.13 Å². The van der Waals surface area contributed by atoms with Gasteiger partial charge >= 0.3 is 0 Å². The first kappa shape index (κ1) is 15.0. The van der Waals surface area contributed by atoms with Crippen molar-refractivity contribution in [2.24, 2.45) is 0 Å². The number of nitrogens with one attached hydrogen (secondary N) is 2. The lowest BCUT2D eigenvalue weighted by atomic mass is 10.1. The third kappa shape index (κ3) is 3.47. The molecule has 2 aromatic rings.